The molecule has 2 N–H and O–H groups in total. The van der Waals surface area contributed by atoms with Gasteiger partial charge in [0, 0.05) is 25.7 Å². The van der Waals surface area contributed by atoms with Gasteiger partial charge in [-0.3, -0.25) is 19.7 Å². The third-order valence-corrected chi connectivity index (χ3v) is 5.33. The number of likely N-dealkylation sites (tertiary alicyclic amines) is 1. The molecule has 2 amide bonds. The van der Waals surface area contributed by atoms with Crippen LogP contribution in [-0.4, -0.2) is 59.9 Å². The van der Waals surface area contributed by atoms with Gasteiger partial charge >= 0.3 is 5.97 Å². The fraction of sp³-hybridized carbons (Fsp3) is 0.526. The number of amides is 2. The lowest BCUT2D eigenvalue weighted by Crippen LogP contribution is -2.51. The van der Waals surface area contributed by atoms with Gasteiger partial charge in [-0.1, -0.05) is 0 Å². The van der Waals surface area contributed by atoms with Crippen molar-refractivity contribution in [2.45, 2.75) is 38.1 Å². The van der Waals surface area contributed by atoms with Gasteiger partial charge in [-0.05, 0) is 44.2 Å². The second-order valence-electron chi connectivity index (χ2n) is 7.23. The van der Waals surface area contributed by atoms with Crippen molar-refractivity contribution in [3.63, 3.8) is 0 Å². The van der Waals surface area contributed by atoms with Crippen molar-refractivity contribution in [3.05, 3.63) is 33.9 Å². The molecule has 0 unspecified atom stereocenters. The number of nitrogens with zero attached hydrogens (tertiary/aromatic N) is 3. The molecule has 2 fully saturated rings. The van der Waals surface area contributed by atoms with Crippen molar-refractivity contribution in [2.75, 3.05) is 31.1 Å². The maximum Gasteiger partial charge on any atom is 0.338 e. The molecule has 10 nitrogen and oxygen atoms in total. The maximum atomic E-state index is 12.4. The SMILES string of the molecule is NC(=O)[C@H]1CCCCN1C(=O)COC(=O)c1ccc(N2CCCC2)c([N+](=O)[O-])c1. The third-order valence-electron chi connectivity index (χ3n) is 5.33. The Morgan fingerprint density at radius 3 is 2.48 bits per heavy atom. The number of primary amides is 1. The number of hydrogen-bond acceptors (Lipinski definition) is 7. The average molecular weight is 404 g/mol. The molecular formula is C19H24N4O6. The summed E-state index contributed by atoms with van der Waals surface area (Å²) in [6.45, 7) is 1.29. The summed E-state index contributed by atoms with van der Waals surface area (Å²) in [5.74, 6) is -1.93. The summed E-state index contributed by atoms with van der Waals surface area (Å²) < 4.78 is 5.05. The van der Waals surface area contributed by atoms with Gasteiger partial charge < -0.3 is 20.3 Å². The molecule has 1 aromatic carbocycles. The number of carbonyl (C=O) groups is 3. The molecule has 3 rings (SSSR count). The highest BCUT2D eigenvalue weighted by Crippen LogP contribution is 2.31. The first-order valence-electron chi connectivity index (χ1n) is 9.68. The molecule has 0 bridgehead atoms. The van der Waals surface area contributed by atoms with E-state index in [-0.39, 0.29) is 11.3 Å². The van der Waals surface area contributed by atoms with Crippen LogP contribution in [0.2, 0.25) is 0 Å². The molecule has 1 atom stereocenters. The molecule has 0 spiro atoms. The van der Waals surface area contributed by atoms with Gasteiger partial charge in [0.25, 0.3) is 11.6 Å². The molecular weight excluding hydrogens is 380 g/mol. The monoisotopic (exact) mass is 404 g/mol. The lowest BCUT2D eigenvalue weighted by Gasteiger charge is -2.33. The topological polar surface area (TPSA) is 136 Å². The fourth-order valence-corrected chi connectivity index (χ4v) is 3.84. The van der Waals surface area contributed by atoms with Crippen molar-refractivity contribution in [1.82, 2.24) is 4.90 Å². The molecule has 156 valence electrons. The minimum Gasteiger partial charge on any atom is -0.452 e. The summed E-state index contributed by atoms with van der Waals surface area (Å²) in [5.41, 5.74) is 5.64. The van der Waals surface area contributed by atoms with E-state index < -0.39 is 35.4 Å². The lowest BCUT2D eigenvalue weighted by molar-refractivity contribution is -0.384. The standard InChI is InChI=1S/C19H24N4O6/c20-18(25)15-5-1-2-10-22(15)17(24)12-29-19(26)13-6-7-14(16(11-13)23(27)28)21-8-3-4-9-21/h6-7,11,15H,1-5,8-10,12H2,(H2,20,25)/t15-/m1/s1. The number of rotatable bonds is 6. The van der Waals surface area contributed by atoms with Gasteiger partial charge in [-0.15, -0.1) is 0 Å². The Hall–Kier alpha value is -3.17. The maximum absolute atomic E-state index is 12.4. The molecule has 0 aliphatic carbocycles. The van der Waals surface area contributed by atoms with E-state index in [0.29, 0.717) is 18.7 Å². The molecule has 2 aliphatic rings. The Labute approximate surface area is 167 Å². The number of nitrogens with two attached hydrogens (primary N) is 1. The van der Waals surface area contributed by atoms with Crippen LogP contribution in [0.1, 0.15) is 42.5 Å². The van der Waals surface area contributed by atoms with Crippen LogP contribution in [0.3, 0.4) is 0 Å². The average Bonchev–Trinajstić information content (AvgIpc) is 3.25. The molecule has 29 heavy (non-hydrogen) atoms. The van der Waals surface area contributed by atoms with E-state index in [0.717, 1.165) is 38.8 Å². The van der Waals surface area contributed by atoms with Gasteiger partial charge in [0.15, 0.2) is 6.61 Å². The number of nitro benzene ring substituents is 1. The van der Waals surface area contributed by atoms with E-state index in [1.165, 1.54) is 23.1 Å². The van der Waals surface area contributed by atoms with Crippen LogP contribution >= 0.6 is 0 Å². The summed E-state index contributed by atoms with van der Waals surface area (Å²) in [4.78, 5) is 50.4. The number of ether oxygens (including phenoxy) is 1. The Balaban J connectivity index is 1.67. The van der Waals surface area contributed by atoms with Gasteiger partial charge in [0.1, 0.15) is 11.7 Å². The van der Waals surface area contributed by atoms with Crippen LogP contribution in [0.4, 0.5) is 11.4 Å². The molecule has 2 aliphatic heterocycles. The quantitative estimate of drug-likeness (QED) is 0.427. The molecule has 2 saturated heterocycles. The summed E-state index contributed by atoms with van der Waals surface area (Å²) in [7, 11) is 0. The summed E-state index contributed by atoms with van der Waals surface area (Å²) in [6, 6.07) is 3.47. The zero-order chi connectivity index (χ0) is 21.0. The van der Waals surface area contributed by atoms with E-state index in [9.17, 15) is 24.5 Å². The number of carbonyl (C=O) groups excluding carboxylic acids is 3. The molecule has 0 aromatic heterocycles. The van der Waals surface area contributed by atoms with Crippen LogP contribution in [0.5, 0.6) is 0 Å². The third kappa shape index (κ3) is 4.64. The fourth-order valence-electron chi connectivity index (χ4n) is 3.84. The zero-order valence-electron chi connectivity index (χ0n) is 16.0. The van der Waals surface area contributed by atoms with Crippen molar-refractivity contribution >= 4 is 29.2 Å². The predicted octanol–water partition coefficient (Wildman–Crippen LogP) is 1.22. The Kier molecular flexibility index (Phi) is 6.30. The van der Waals surface area contributed by atoms with Crippen molar-refractivity contribution < 1.29 is 24.0 Å². The molecule has 10 heteroatoms. The number of hydrogen-bond donors (Lipinski definition) is 1. The first-order valence-corrected chi connectivity index (χ1v) is 9.68. The number of benzene rings is 1. The first kappa shape index (κ1) is 20.6. The smallest absolute Gasteiger partial charge is 0.338 e. The van der Waals surface area contributed by atoms with Crippen LogP contribution in [0.15, 0.2) is 18.2 Å². The highest BCUT2D eigenvalue weighted by atomic mass is 16.6. The highest BCUT2D eigenvalue weighted by molar-refractivity contribution is 5.94. The van der Waals surface area contributed by atoms with Crippen LogP contribution in [0, 0.1) is 10.1 Å². The minimum absolute atomic E-state index is 0.00228. The molecule has 2 heterocycles. The summed E-state index contributed by atoms with van der Waals surface area (Å²) >= 11 is 0. The van der Waals surface area contributed by atoms with Crippen molar-refractivity contribution in [3.8, 4) is 0 Å². The van der Waals surface area contributed by atoms with Crippen LogP contribution in [-0.2, 0) is 14.3 Å². The van der Waals surface area contributed by atoms with E-state index in [4.69, 9.17) is 10.5 Å². The predicted molar refractivity (Wildman–Crippen MR) is 103 cm³/mol. The molecule has 1 aromatic rings. The van der Waals surface area contributed by atoms with E-state index in [1.807, 2.05) is 4.90 Å². The largest absolute Gasteiger partial charge is 0.452 e. The summed E-state index contributed by atoms with van der Waals surface area (Å²) in [6.07, 6.45) is 3.95. The normalized spacial score (nSPS) is 19.1. The molecule has 0 saturated carbocycles. The van der Waals surface area contributed by atoms with Gasteiger partial charge in [0.05, 0.1) is 10.5 Å². The van der Waals surface area contributed by atoms with Crippen LogP contribution < -0.4 is 10.6 Å². The van der Waals surface area contributed by atoms with Crippen LogP contribution in [0.25, 0.3) is 0 Å². The Morgan fingerprint density at radius 1 is 1.14 bits per heavy atom. The Morgan fingerprint density at radius 2 is 1.83 bits per heavy atom. The number of piperidine rings is 1. The van der Waals surface area contributed by atoms with E-state index in [2.05, 4.69) is 0 Å². The van der Waals surface area contributed by atoms with Crippen molar-refractivity contribution in [2.24, 2.45) is 5.73 Å². The van der Waals surface area contributed by atoms with E-state index in [1.54, 1.807) is 0 Å². The van der Waals surface area contributed by atoms with Crippen molar-refractivity contribution in [1.29, 1.82) is 0 Å². The van der Waals surface area contributed by atoms with Gasteiger partial charge in [-0.2, -0.15) is 0 Å². The van der Waals surface area contributed by atoms with E-state index >= 15 is 0 Å². The zero-order valence-corrected chi connectivity index (χ0v) is 16.0. The molecule has 0 radical (unpaired) electrons. The Bertz CT molecular complexity index is 821. The second-order valence-corrected chi connectivity index (χ2v) is 7.23. The summed E-state index contributed by atoms with van der Waals surface area (Å²) in [5, 5.41) is 11.4. The van der Waals surface area contributed by atoms with Gasteiger partial charge in [-0.25, -0.2) is 4.79 Å². The number of anilines is 1. The lowest BCUT2D eigenvalue weighted by atomic mass is 10.0. The number of esters is 1. The van der Waals surface area contributed by atoms with Gasteiger partial charge in [0.2, 0.25) is 5.91 Å². The second kappa shape index (κ2) is 8.89. The highest BCUT2D eigenvalue weighted by Gasteiger charge is 2.31. The minimum atomic E-state index is -0.831. The number of nitro groups is 1. The first-order chi connectivity index (χ1) is 13.9.